The molecule has 56 valence electrons. The van der Waals surface area contributed by atoms with Gasteiger partial charge in [-0.15, -0.1) is 0 Å². The molecule has 0 saturated carbocycles. The number of carbonyl (C=O) groups excluding carboxylic acids is 1. The lowest BCUT2D eigenvalue weighted by atomic mass is 10.1. The second-order valence-corrected chi connectivity index (χ2v) is 2.33. The summed E-state index contributed by atoms with van der Waals surface area (Å²) in [6, 6.07) is 0. The number of aliphatic hydroxyl groups excluding tert-OH is 1. The fraction of sp³-hybridized carbons (Fsp3) is 0.571. The van der Waals surface area contributed by atoms with E-state index < -0.39 is 5.97 Å². The van der Waals surface area contributed by atoms with Crippen LogP contribution in [-0.2, 0) is 9.53 Å². The molecule has 1 heterocycles. The lowest BCUT2D eigenvalue weighted by Gasteiger charge is -2.05. The zero-order valence-electron chi connectivity index (χ0n) is 6.05. The van der Waals surface area contributed by atoms with E-state index in [1.54, 1.807) is 6.92 Å². The second-order valence-electron chi connectivity index (χ2n) is 2.33. The summed E-state index contributed by atoms with van der Waals surface area (Å²) in [7, 11) is 0. The summed E-state index contributed by atoms with van der Waals surface area (Å²) in [5, 5.41) is 8.97. The predicted octanol–water partition coefficient (Wildman–Crippen LogP) is 1.15. The van der Waals surface area contributed by atoms with E-state index >= 15 is 0 Å². The number of hydrogen-bond donors (Lipinski definition) is 1. The van der Waals surface area contributed by atoms with E-state index in [0.717, 1.165) is 6.42 Å². The van der Waals surface area contributed by atoms with Crippen molar-refractivity contribution in [3.63, 3.8) is 0 Å². The van der Waals surface area contributed by atoms with Gasteiger partial charge in [-0.2, -0.15) is 0 Å². The molecular formula is C7H10O3. The van der Waals surface area contributed by atoms with Gasteiger partial charge in [0.15, 0.2) is 0 Å². The van der Waals surface area contributed by atoms with Gasteiger partial charge in [-0.25, -0.2) is 4.79 Å². The highest BCUT2D eigenvalue weighted by molar-refractivity contribution is 5.89. The molecule has 0 aliphatic carbocycles. The zero-order chi connectivity index (χ0) is 7.72. The molecule has 0 aromatic rings. The van der Waals surface area contributed by atoms with Gasteiger partial charge in [-0.05, 0) is 13.3 Å². The molecule has 1 atom stereocenters. The van der Waals surface area contributed by atoms with Gasteiger partial charge in [0.05, 0.1) is 0 Å². The number of ether oxygens (including phenoxy) is 1. The van der Waals surface area contributed by atoms with Crippen LogP contribution in [0.1, 0.15) is 20.3 Å². The van der Waals surface area contributed by atoms with Crippen LogP contribution in [0.25, 0.3) is 0 Å². The minimum atomic E-state index is -0.593. The van der Waals surface area contributed by atoms with Crippen LogP contribution in [0.3, 0.4) is 0 Å². The van der Waals surface area contributed by atoms with Gasteiger partial charge < -0.3 is 9.84 Å². The SMILES string of the molecule is CC[C@H]1OC(=O)C(O)=C1C. The van der Waals surface area contributed by atoms with E-state index in [0.29, 0.717) is 5.57 Å². The molecule has 1 aliphatic heterocycles. The van der Waals surface area contributed by atoms with Crippen molar-refractivity contribution < 1.29 is 14.6 Å². The van der Waals surface area contributed by atoms with Gasteiger partial charge in [0, 0.05) is 5.57 Å². The summed E-state index contributed by atoms with van der Waals surface area (Å²) in [5.41, 5.74) is 0.646. The Bertz CT molecular complexity index is 193. The van der Waals surface area contributed by atoms with Crippen LogP contribution >= 0.6 is 0 Å². The Balaban J connectivity index is 2.83. The van der Waals surface area contributed by atoms with E-state index in [4.69, 9.17) is 9.84 Å². The van der Waals surface area contributed by atoms with Gasteiger partial charge in [0.1, 0.15) is 6.10 Å². The lowest BCUT2D eigenvalue weighted by Crippen LogP contribution is -2.08. The Kier molecular flexibility index (Phi) is 1.66. The number of rotatable bonds is 1. The van der Waals surface area contributed by atoms with Crippen LogP contribution in [0.15, 0.2) is 11.3 Å². The van der Waals surface area contributed by atoms with Crippen LogP contribution in [0.5, 0.6) is 0 Å². The van der Waals surface area contributed by atoms with E-state index in [1.165, 1.54) is 0 Å². The Morgan fingerprint density at radius 3 is 2.50 bits per heavy atom. The maximum Gasteiger partial charge on any atom is 0.374 e. The minimum Gasteiger partial charge on any atom is -0.502 e. The van der Waals surface area contributed by atoms with Crippen LogP contribution in [-0.4, -0.2) is 17.2 Å². The van der Waals surface area contributed by atoms with Crippen LogP contribution < -0.4 is 0 Å². The van der Waals surface area contributed by atoms with Crippen molar-refractivity contribution in [2.45, 2.75) is 26.4 Å². The van der Waals surface area contributed by atoms with Crippen molar-refractivity contribution >= 4 is 5.97 Å². The highest BCUT2D eigenvalue weighted by atomic mass is 16.6. The molecule has 1 aliphatic rings. The third-order valence-corrected chi connectivity index (χ3v) is 1.67. The average Bonchev–Trinajstić information content (AvgIpc) is 2.17. The monoisotopic (exact) mass is 142 g/mol. The highest BCUT2D eigenvalue weighted by Crippen LogP contribution is 2.21. The Labute approximate surface area is 59.3 Å². The first kappa shape index (κ1) is 7.12. The minimum absolute atomic E-state index is 0.201. The van der Waals surface area contributed by atoms with Gasteiger partial charge in [-0.1, -0.05) is 6.92 Å². The summed E-state index contributed by atoms with van der Waals surface area (Å²) < 4.78 is 4.77. The van der Waals surface area contributed by atoms with E-state index in [2.05, 4.69) is 0 Å². The first-order chi connectivity index (χ1) is 4.66. The first-order valence-corrected chi connectivity index (χ1v) is 3.27. The molecule has 3 nitrogen and oxygen atoms in total. The van der Waals surface area contributed by atoms with Crippen molar-refractivity contribution in [2.75, 3.05) is 0 Å². The Morgan fingerprint density at radius 2 is 2.30 bits per heavy atom. The standard InChI is InChI=1S/C7H10O3/c1-3-5-4(2)6(8)7(9)10-5/h5,8H,3H2,1-2H3/t5-/m1/s1. The maximum atomic E-state index is 10.6. The van der Waals surface area contributed by atoms with E-state index in [1.807, 2.05) is 6.92 Å². The topological polar surface area (TPSA) is 46.5 Å². The zero-order valence-corrected chi connectivity index (χ0v) is 6.05. The number of hydrogen-bond acceptors (Lipinski definition) is 3. The van der Waals surface area contributed by atoms with Gasteiger partial charge >= 0.3 is 5.97 Å². The van der Waals surface area contributed by atoms with E-state index in [-0.39, 0.29) is 11.9 Å². The number of cyclic esters (lactones) is 1. The predicted molar refractivity (Wildman–Crippen MR) is 35.5 cm³/mol. The third-order valence-electron chi connectivity index (χ3n) is 1.67. The smallest absolute Gasteiger partial charge is 0.374 e. The molecule has 0 bridgehead atoms. The number of esters is 1. The average molecular weight is 142 g/mol. The third kappa shape index (κ3) is 0.875. The summed E-state index contributed by atoms with van der Waals surface area (Å²) in [6.07, 6.45) is 0.522. The molecule has 0 saturated heterocycles. The molecule has 0 unspecified atom stereocenters. The van der Waals surface area contributed by atoms with Crippen molar-refractivity contribution in [1.82, 2.24) is 0 Å². The van der Waals surface area contributed by atoms with Gasteiger partial charge in [0.2, 0.25) is 5.76 Å². The molecule has 0 spiro atoms. The quantitative estimate of drug-likeness (QED) is 0.559. The summed E-state index contributed by atoms with van der Waals surface area (Å²) >= 11 is 0. The van der Waals surface area contributed by atoms with Gasteiger partial charge in [-0.3, -0.25) is 0 Å². The van der Waals surface area contributed by atoms with Crippen molar-refractivity contribution in [2.24, 2.45) is 0 Å². The molecule has 0 fully saturated rings. The van der Waals surface area contributed by atoms with Crippen LogP contribution in [0.2, 0.25) is 0 Å². The number of aliphatic hydroxyl groups is 1. The Hall–Kier alpha value is -0.990. The lowest BCUT2D eigenvalue weighted by molar-refractivity contribution is -0.142. The highest BCUT2D eigenvalue weighted by Gasteiger charge is 2.29. The molecule has 0 aromatic carbocycles. The number of carbonyl (C=O) groups is 1. The normalized spacial score (nSPS) is 25.4. The molecule has 1 N–H and O–H groups in total. The van der Waals surface area contributed by atoms with Gasteiger partial charge in [0.25, 0.3) is 0 Å². The van der Waals surface area contributed by atoms with E-state index in [9.17, 15) is 4.79 Å². The molecular weight excluding hydrogens is 132 g/mol. The molecule has 1 rings (SSSR count). The summed E-state index contributed by atoms with van der Waals surface area (Å²) in [6.45, 7) is 3.61. The molecule has 0 radical (unpaired) electrons. The fourth-order valence-corrected chi connectivity index (χ4v) is 0.976. The maximum absolute atomic E-state index is 10.6. The molecule has 10 heavy (non-hydrogen) atoms. The van der Waals surface area contributed by atoms with Crippen LogP contribution in [0.4, 0.5) is 0 Å². The van der Waals surface area contributed by atoms with Crippen LogP contribution in [0, 0.1) is 0 Å². The molecule has 3 heteroatoms. The largest absolute Gasteiger partial charge is 0.502 e. The first-order valence-electron chi connectivity index (χ1n) is 3.27. The van der Waals surface area contributed by atoms with Crippen molar-refractivity contribution in [1.29, 1.82) is 0 Å². The second kappa shape index (κ2) is 2.33. The molecule has 0 amide bonds. The van der Waals surface area contributed by atoms with Crippen molar-refractivity contribution in [3.8, 4) is 0 Å². The molecule has 0 aromatic heterocycles. The Morgan fingerprint density at radius 1 is 1.70 bits per heavy atom. The van der Waals surface area contributed by atoms with Crippen molar-refractivity contribution in [3.05, 3.63) is 11.3 Å². The fourth-order valence-electron chi connectivity index (χ4n) is 0.976. The summed E-state index contributed by atoms with van der Waals surface area (Å²) in [4.78, 5) is 10.6. The summed E-state index contributed by atoms with van der Waals surface area (Å²) in [5.74, 6) is -0.809.